The second kappa shape index (κ2) is 4.23. The minimum atomic E-state index is -0.222. The molecule has 2 rings (SSSR count). The van der Waals surface area contributed by atoms with Gasteiger partial charge in [-0.15, -0.1) is 0 Å². The van der Waals surface area contributed by atoms with E-state index in [0.29, 0.717) is 0 Å². The van der Waals surface area contributed by atoms with E-state index in [9.17, 15) is 0 Å². The lowest BCUT2D eigenvalue weighted by molar-refractivity contribution is -0.0230. The summed E-state index contributed by atoms with van der Waals surface area (Å²) in [7, 11) is -0.222. The molecule has 3 heteroatoms. The third-order valence-electron chi connectivity index (χ3n) is 3.00. The van der Waals surface area contributed by atoms with Gasteiger partial charge < -0.3 is 9.31 Å². The van der Waals surface area contributed by atoms with Gasteiger partial charge in [-0.1, -0.05) is 29.8 Å². The summed E-state index contributed by atoms with van der Waals surface area (Å²) in [6.07, 6.45) is 1.18. The Morgan fingerprint density at radius 3 is 2.62 bits per heavy atom. The topological polar surface area (TPSA) is 18.5 Å². The van der Waals surface area contributed by atoms with Crippen LogP contribution in [0.4, 0.5) is 0 Å². The molecule has 0 aromatic heterocycles. The van der Waals surface area contributed by atoms with E-state index in [-0.39, 0.29) is 18.8 Å². The summed E-state index contributed by atoms with van der Waals surface area (Å²) < 4.78 is 11.9. The van der Waals surface area contributed by atoms with Gasteiger partial charge in [-0.25, -0.2) is 0 Å². The van der Waals surface area contributed by atoms with E-state index in [1.807, 2.05) is 12.1 Å². The minimum absolute atomic E-state index is 0.107. The van der Waals surface area contributed by atoms with E-state index in [1.54, 1.807) is 0 Å². The number of aryl methyl sites for hydroxylation is 1. The van der Waals surface area contributed by atoms with Crippen LogP contribution in [-0.4, -0.2) is 18.8 Å². The zero-order chi connectivity index (χ0) is 11.8. The Labute approximate surface area is 98.1 Å². The summed E-state index contributed by atoms with van der Waals surface area (Å²) in [6.45, 7) is 8.44. The van der Waals surface area contributed by atoms with E-state index in [2.05, 4.69) is 39.8 Å². The van der Waals surface area contributed by atoms with Crippen LogP contribution in [0.1, 0.15) is 32.8 Å². The smallest absolute Gasteiger partial charge is 0.405 e. The predicted molar refractivity (Wildman–Crippen MR) is 66.9 cm³/mol. The van der Waals surface area contributed by atoms with Crippen LogP contribution < -0.4 is 5.46 Å². The highest BCUT2D eigenvalue weighted by atomic mass is 16.6. The van der Waals surface area contributed by atoms with Crippen molar-refractivity contribution in [2.45, 2.75) is 45.8 Å². The lowest BCUT2D eigenvalue weighted by Gasteiger charge is -2.38. The Kier molecular flexibility index (Phi) is 3.09. The molecule has 0 radical (unpaired) electrons. The van der Waals surface area contributed by atoms with Crippen molar-refractivity contribution < 1.29 is 9.31 Å². The Morgan fingerprint density at radius 1 is 1.31 bits per heavy atom. The van der Waals surface area contributed by atoms with E-state index in [4.69, 9.17) is 9.31 Å². The first-order valence-electron chi connectivity index (χ1n) is 5.87. The van der Waals surface area contributed by atoms with Gasteiger partial charge in [0, 0.05) is 6.10 Å². The number of hydrogen-bond donors (Lipinski definition) is 0. The maximum Gasteiger partial charge on any atom is 0.494 e. The van der Waals surface area contributed by atoms with E-state index >= 15 is 0 Å². The van der Waals surface area contributed by atoms with Gasteiger partial charge in [0.15, 0.2) is 0 Å². The fourth-order valence-corrected chi connectivity index (χ4v) is 2.31. The predicted octanol–water partition coefficient (Wildman–Crippen LogP) is 2.29. The molecular formula is C13H19BO2. The summed E-state index contributed by atoms with van der Waals surface area (Å²) in [5.74, 6) is 0. The van der Waals surface area contributed by atoms with Gasteiger partial charge in [0.2, 0.25) is 0 Å². The first-order valence-corrected chi connectivity index (χ1v) is 5.87. The molecule has 0 bridgehead atoms. The van der Waals surface area contributed by atoms with Crippen molar-refractivity contribution in [3.8, 4) is 0 Å². The summed E-state index contributed by atoms with van der Waals surface area (Å²) in [5, 5.41) is 0. The summed E-state index contributed by atoms with van der Waals surface area (Å²) >= 11 is 0. The van der Waals surface area contributed by atoms with Crippen molar-refractivity contribution in [2.75, 3.05) is 0 Å². The largest absolute Gasteiger partial charge is 0.494 e. The number of benzene rings is 1. The molecule has 16 heavy (non-hydrogen) atoms. The Hall–Kier alpha value is -0.795. The molecule has 1 aromatic rings. The number of hydrogen-bond acceptors (Lipinski definition) is 2. The molecule has 1 aliphatic rings. The molecule has 2 nitrogen and oxygen atoms in total. The zero-order valence-corrected chi connectivity index (χ0v) is 10.5. The fraction of sp³-hybridized carbons (Fsp3) is 0.538. The molecule has 0 spiro atoms. The van der Waals surface area contributed by atoms with Gasteiger partial charge in [0.05, 0.1) is 5.60 Å². The van der Waals surface area contributed by atoms with Crippen molar-refractivity contribution in [3.63, 3.8) is 0 Å². The Balaban J connectivity index is 2.25. The minimum Gasteiger partial charge on any atom is -0.405 e. The Bertz CT molecular complexity index is 376. The van der Waals surface area contributed by atoms with Crippen LogP contribution in [0.5, 0.6) is 0 Å². The molecule has 1 heterocycles. The van der Waals surface area contributed by atoms with Crippen molar-refractivity contribution in [1.29, 1.82) is 0 Å². The summed E-state index contributed by atoms with van der Waals surface area (Å²) in [6, 6.07) is 8.24. The average molecular weight is 218 g/mol. The van der Waals surface area contributed by atoms with Crippen LogP contribution >= 0.6 is 0 Å². The van der Waals surface area contributed by atoms with Crippen LogP contribution in [0.3, 0.4) is 0 Å². The maximum absolute atomic E-state index is 5.99. The second-order valence-corrected chi connectivity index (χ2v) is 5.22. The standard InChI is InChI=1S/C13H19BO2/c1-10-7-5-6-8-12(10)14-15-11(2)9-13(3,4)16-14/h5-8,11H,9H2,1-4H3. The molecule has 1 unspecified atom stereocenters. The highest BCUT2D eigenvalue weighted by Gasteiger charge is 2.38. The average Bonchev–Trinajstić information content (AvgIpc) is 2.15. The highest BCUT2D eigenvalue weighted by Crippen LogP contribution is 2.25. The van der Waals surface area contributed by atoms with Gasteiger partial charge in [-0.3, -0.25) is 0 Å². The lowest BCUT2D eigenvalue weighted by atomic mass is 9.73. The molecule has 1 aliphatic heterocycles. The first kappa shape index (κ1) is 11.7. The third-order valence-corrected chi connectivity index (χ3v) is 3.00. The molecule has 1 atom stereocenters. The van der Waals surface area contributed by atoms with Gasteiger partial charge in [0.1, 0.15) is 0 Å². The molecule has 1 fully saturated rings. The van der Waals surface area contributed by atoms with Crippen LogP contribution in [0, 0.1) is 6.92 Å². The molecule has 0 aliphatic carbocycles. The monoisotopic (exact) mass is 218 g/mol. The van der Waals surface area contributed by atoms with Gasteiger partial charge in [0.25, 0.3) is 0 Å². The molecule has 0 saturated carbocycles. The zero-order valence-electron chi connectivity index (χ0n) is 10.5. The van der Waals surface area contributed by atoms with Crippen LogP contribution in [0.25, 0.3) is 0 Å². The van der Waals surface area contributed by atoms with Crippen molar-refractivity contribution in [2.24, 2.45) is 0 Å². The van der Waals surface area contributed by atoms with E-state index in [0.717, 1.165) is 11.9 Å². The van der Waals surface area contributed by atoms with E-state index < -0.39 is 0 Å². The van der Waals surface area contributed by atoms with E-state index in [1.165, 1.54) is 5.56 Å². The van der Waals surface area contributed by atoms with Crippen molar-refractivity contribution in [3.05, 3.63) is 29.8 Å². The van der Waals surface area contributed by atoms with Crippen LogP contribution in [-0.2, 0) is 9.31 Å². The normalized spacial score (nSPS) is 24.5. The SMILES string of the molecule is Cc1ccccc1B1OC(C)CC(C)(C)O1. The molecule has 1 saturated heterocycles. The van der Waals surface area contributed by atoms with Gasteiger partial charge in [-0.05, 0) is 39.6 Å². The molecule has 86 valence electrons. The summed E-state index contributed by atoms with van der Waals surface area (Å²) in [5.41, 5.74) is 2.25. The highest BCUT2D eigenvalue weighted by molar-refractivity contribution is 6.62. The first-order chi connectivity index (χ1) is 7.48. The van der Waals surface area contributed by atoms with Gasteiger partial charge >= 0.3 is 7.12 Å². The number of rotatable bonds is 1. The maximum atomic E-state index is 5.99. The second-order valence-electron chi connectivity index (χ2n) is 5.22. The van der Waals surface area contributed by atoms with Crippen molar-refractivity contribution >= 4 is 12.6 Å². The third kappa shape index (κ3) is 2.47. The van der Waals surface area contributed by atoms with Crippen molar-refractivity contribution in [1.82, 2.24) is 0 Å². The van der Waals surface area contributed by atoms with Gasteiger partial charge in [-0.2, -0.15) is 0 Å². The molecule has 1 aromatic carbocycles. The fourth-order valence-electron chi connectivity index (χ4n) is 2.31. The Morgan fingerprint density at radius 2 is 2.00 bits per heavy atom. The molecular weight excluding hydrogens is 199 g/mol. The quantitative estimate of drug-likeness (QED) is 0.673. The lowest BCUT2D eigenvalue weighted by Crippen LogP contribution is -2.52. The summed E-state index contributed by atoms with van der Waals surface area (Å²) in [4.78, 5) is 0. The molecule has 0 N–H and O–H groups in total. The van der Waals surface area contributed by atoms with Crippen LogP contribution in [0.15, 0.2) is 24.3 Å². The molecule has 0 amide bonds. The van der Waals surface area contributed by atoms with Crippen LogP contribution in [0.2, 0.25) is 0 Å².